The number of nitrogens with one attached hydrogen (secondary N) is 1. The second-order valence-electron chi connectivity index (χ2n) is 6.13. The van der Waals surface area contributed by atoms with Crippen LogP contribution in [-0.2, 0) is 16.0 Å². The van der Waals surface area contributed by atoms with E-state index >= 15 is 0 Å². The van der Waals surface area contributed by atoms with E-state index in [0.29, 0.717) is 18.0 Å². The van der Waals surface area contributed by atoms with Gasteiger partial charge in [-0.15, -0.1) is 0 Å². The quantitative estimate of drug-likeness (QED) is 0.822. The maximum atomic E-state index is 12.8. The standard InChI is InChI=1S/C19H23ClN2O3/c20-16-5-3-15(4-6-16)18(14-17-2-1-11-25-17)19(23)21-7-8-22-9-12-24-13-10-22/h1-6,11,18H,7-10,12-14H2,(H,21,23). The van der Waals surface area contributed by atoms with Gasteiger partial charge in [0.2, 0.25) is 5.91 Å². The highest BCUT2D eigenvalue weighted by molar-refractivity contribution is 6.30. The Morgan fingerprint density at radius 2 is 1.96 bits per heavy atom. The zero-order valence-electron chi connectivity index (χ0n) is 14.1. The largest absolute Gasteiger partial charge is 0.469 e. The lowest BCUT2D eigenvalue weighted by molar-refractivity contribution is -0.122. The number of nitrogens with zero attached hydrogens (tertiary/aromatic N) is 1. The van der Waals surface area contributed by atoms with Crippen LogP contribution < -0.4 is 5.32 Å². The Hall–Kier alpha value is -1.82. The average Bonchev–Trinajstić information content (AvgIpc) is 3.15. The van der Waals surface area contributed by atoms with Crippen LogP contribution in [0.5, 0.6) is 0 Å². The summed E-state index contributed by atoms with van der Waals surface area (Å²) in [4.78, 5) is 15.1. The summed E-state index contributed by atoms with van der Waals surface area (Å²) in [6, 6.07) is 11.2. The SMILES string of the molecule is O=C(NCCN1CCOCC1)C(Cc1ccco1)c1ccc(Cl)cc1. The Labute approximate surface area is 152 Å². The molecule has 0 spiro atoms. The molecule has 25 heavy (non-hydrogen) atoms. The second kappa shape index (κ2) is 9.04. The molecule has 1 atom stereocenters. The molecule has 0 aliphatic carbocycles. The maximum absolute atomic E-state index is 12.8. The zero-order chi connectivity index (χ0) is 17.5. The highest BCUT2D eigenvalue weighted by Gasteiger charge is 2.22. The van der Waals surface area contributed by atoms with Gasteiger partial charge in [0, 0.05) is 37.6 Å². The van der Waals surface area contributed by atoms with E-state index in [-0.39, 0.29) is 11.8 Å². The molecule has 1 N–H and O–H groups in total. The monoisotopic (exact) mass is 362 g/mol. The molecule has 2 aromatic rings. The fourth-order valence-electron chi connectivity index (χ4n) is 2.97. The van der Waals surface area contributed by atoms with Crippen LogP contribution >= 0.6 is 11.6 Å². The first-order valence-electron chi connectivity index (χ1n) is 8.58. The lowest BCUT2D eigenvalue weighted by Crippen LogP contribution is -2.42. The molecule has 1 fully saturated rings. The van der Waals surface area contributed by atoms with Crippen LogP contribution in [0.2, 0.25) is 5.02 Å². The average molecular weight is 363 g/mol. The molecule has 1 saturated heterocycles. The van der Waals surface area contributed by atoms with Crippen molar-refractivity contribution >= 4 is 17.5 Å². The van der Waals surface area contributed by atoms with E-state index in [0.717, 1.165) is 44.2 Å². The van der Waals surface area contributed by atoms with Gasteiger partial charge in [-0.3, -0.25) is 9.69 Å². The Kier molecular flexibility index (Phi) is 6.50. The van der Waals surface area contributed by atoms with Crippen LogP contribution in [-0.4, -0.2) is 50.2 Å². The maximum Gasteiger partial charge on any atom is 0.228 e. The molecule has 1 aliphatic rings. The summed E-state index contributed by atoms with van der Waals surface area (Å²) in [5, 5.41) is 3.72. The first kappa shape index (κ1) is 18.0. The van der Waals surface area contributed by atoms with E-state index in [9.17, 15) is 4.79 Å². The Morgan fingerprint density at radius 1 is 1.20 bits per heavy atom. The Balaban J connectivity index is 1.61. The Morgan fingerprint density at radius 3 is 2.64 bits per heavy atom. The molecule has 5 nitrogen and oxygen atoms in total. The molecular formula is C19H23ClN2O3. The molecule has 1 amide bonds. The van der Waals surface area contributed by atoms with Crippen LogP contribution in [0.1, 0.15) is 17.2 Å². The van der Waals surface area contributed by atoms with E-state index in [4.69, 9.17) is 20.8 Å². The van der Waals surface area contributed by atoms with Gasteiger partial charge in [0.25, 0.3) is 0 Å². The summed E-state index contributed by atoms with van der Waals surface area (Å²) in [7, 11) is 0. The molecule has 6 heteroatoms. The highest BCUT2D eigenvalue weighted by Crippen LogP contribution is 2.23. The minimum Gasteiger partial charge on any atom is -0.469 e. The van der Waals surface area contributed by atoms with Crippen LogP contribution in [0.3, 0.4) is 0 Å². The number of carbonyl (C=O) groups is 1. The van der Waals surface area contributed by atoms with Gasteiger partial charge < -0.3 is 14.5 Å². The van der Waals surface area contributed by atoms with E-state index in [1.807, 2.05) is 36.4 Å². The van der Waals surface area contributed by atoms with Gasteiger partial charge in [0.15, 0.2) is 0 Å². The molecule has 0 bridgehead atoms. The van der Waals surface area contributed by atoms with Crippen molar-refractivity contribution in [1.29, 1.82) is 0 Å². The third-order valence-corrected chi connectivity index (χ3v) is 4.66. The van der Waals surface area contributed by atoms with Crippen molar-refractivity contribution in [3.8, 4) is 0 Å². The number of ether oxygens (including phenoxy) is 1. The summed E-state index contributed by atoms with van der Waals surface area (Å²) in [5.41, 5.74) is 0.935. The number of carbonyl (C=O) groups excluding carboxylic acids is 1. The summed E-state index contributed by atoms with van der Waals surface area (Å²) in [6.45, 7) is 4.83. The first-order chi connectivity index (χ1) is 12.2. The molecule has 1 aliphatic heterocycles. The van der Waals surface area contributed by atoms with Crippen molar-refractivity contribution in [2.75, 3.05) is 39.4 Å². The van der Waals surface area contributed by atoms with Gasteiger partial charge in [0.1, 0.15) is 5.76 Å². The predicted octanol–water partition coefficient (Wildman–Crippen LogP) is 2.71. The normalized spacial score (nSPS) is 16.5. The van der Waals surface area contributed by atoms with Gasteiger partial charge in [-0.05, 0) is 29.8 Å². The van der Waals surface area contributed by atoms with Gasteiger partial charge in [-0.1, -0.05) is 23.7 Å². The minimum atomic E-state index is -0.298. The minimum absolute atomic E-state index is 0.00646. The summed E-state index contributed by atoms with van der Waals surface area (Å²) in [6.07, 6.45) is 2.16. The molecule has 1 aromatic carbocycles. The number of amides is 1. The number of furan rings is 1. The number of hydrogen-bond acceptors (Lipinski definition) is 4. The van der Waals surface area contributed by atoms with E-state index in [1.165, 1.54) is 0 Å². The number of halogens is 1. The van der Waals surface area contributed by atoms with Gasteiger partial charge in [-0.25, -0.2) is 0 Å². The topological polar surface area (TPSA) is 54.7 Å². The predicted molar refractivity (Wildman–Crippen MR) is 96.9 cm³/mol. The molecule has 134 valence electrons. The first-order valence-corrected chi connectivity index (χ1v) is 8.96. The van der Waals surface area contributed by atoms with Crippen molar-refractivity contribution in [1.82, 2.24) is 10.2 Å². The Bertz CT molecular complexity index is 652. The zero-order valence-corrected chi connectivity index (χ0v) is 14.9. The van der Waals surface area contributed by atoms with Crippen molar-refractivity contribution in [2.24, 2.45) is 0 Å². The molecule has 3 rings (SSSR count). The smallest absolute Gasteiger partial charge is 0.228 e. The summed E-state index contributed by atoms with van der Waals surface area (Å²) >= 11 is 5.97. The van der Waals surface area contributed by atoms with Crippen LogP contribution in [0.4, 0.5) is 0 Å². The van der Waals surface area contributed by atoms with Crippen molar-refractivity contribution in [2.45, 2.75) is 12.3 Å². The molecule has 0 saturated carbocycles. The van der Waals surface area contributed by atoms with Crippen LogP contribution in [0, 0.1) is 0 Å². The van der Waals surface area contributed by atoms with Crippen LogP contribution in [0.15, 0.2) is 47.1 Å². The van der Waals surface area contributed by atoms with E-state index in [2.05, 4.69) is 10.2 Å². The second-order valence-corrected chi connectivity index (χ2v) is 6.57. The van der Waals surface area contributed by atoms with Crippen molar-refractivity contribution < 1.29 is 13.9 Å². The molecule has 0 radical (unpaired) electrons. The van der Waals surface area contributed by atoms with Crippen molar-refractivity contribution in [3.63, 3.8) is 0 Å². The van der Waals surface area contributed by atoms with Crippen molar-refractivity contribution in [3.05, 3.63) is 59.0 Å². The third kappa shape index (κ3) is 5.33. The van der Waals surface area contributed by atoms with E-state index < -0.39 is 0 Å². The lowest BCUT2D eigenvalue weighted by atomic mass is 9.93. The fraction of sp³-hybridized carbons (Fsp3) is 0.421. The van der Waals surface area contributed by atoms with Crippen LogP contribution in [0.25, 0.3) is 0 Å². The molecule has 2 heterocycles. The number of morpholine rings is 1. The van der Waals surface area contributed by atoms with Gasteiger partial charge in [-0.2, -0.15) is 0 Å². The number of rotatable bonds is 7. The highest BCUT2D eigenvalue weighted by atomic mass is 35.5. The van der Waals surface area contributed by atoms with Gasteiger partial charge in [0.05, 0.1) is 25.4 Å². The summed E-state index contributed by atoms with van der Waals surface area (Å²) in [5.74, 6) is 0.503. The lowest BCUT2D eigenvalue weighted by Gasteiger charge is -2.26. The van der Waals surface area contributed by atoms with Gasteiger partial charge >= 0.3 is 0 Å². The van der Waals surface area contributed by atoms with E-state index in [1.54, 1.807) is 6.26 Å². The number of benzene rings is 1. The fourth-order valence-corrected chi connectivity index (χ4v) is 3.10. The summed E-state index contributed by atoms with van der Waals surface area (Å²) < 4.78 is 10.8. The third-order valence-electron chi connectivity index (χ3n) is 4.41. The molecular weight excluding hydrogens is 340 g/mol. The number of hydrogen-bond donors (Lipinski definition) is 1. The molecule has 1 aromatic heterocycles. The molecule has 1 unspecified atom stereocenters.